The molecule has 3 heteroatoms. The molecule has 0 aliphatic rings. The molecule has 66 valence electrons. The van der Waals surface area contributed by atoms with Crippen LogP contribution in [0.25, 0.3) is 0 Å². The summed E-state index contributed by atoms with van der Waals surface area (Å²) in [5.41, 5.74) is 2.39. The predicted molar refractivity (Wildman–Crippen MR) is 43.8 cm³/mol. The Labute approximate surface area is 68.1 Å². The minimum Gasteiger partial charge on any atom is -0.273 e. The highest BCUT2D eigenvalue weighted by molar-refractivity contribution is 5.77. The van der Waals surface area contributed by atoms with Crippen LogP contribution in [-0.4, -0.2) is 12.0 Å². The van der Waals surface area contributed by atoms with Crippen LogP contribution < -0.4 is 5.48 Å². The van der Waals surface area contributed by atoms with Gasteiger partial charge in [-0.1, -0.05) is 13.8 Å². The summed E-state index contributed by atoms with van der Waals surface area (Å²) in [6.45, 7) is 7.59. The van der Waals surface area contributed by atoms with Crippen LogP contribution in [0.4, 0.5) is 0 Å². The highest BCUT2D eigenvalue weighted by atomic mass is 16.7. The van der Waals surface area contributed by atoms with E-state index in [4.69, 9.17) is 4.84 Å². The van der Waals surface area contributed by atoms with Gasteiger partial charge < -0.3 is 0 Å². The Morgan fingerprint density at radius 3 is 2.36 bits per heavy atom. The second-order valence-corrected chi connectivity index (χ2v) is 2.94. The molecule has 1 atom stereocenters. The maximum atomic E-state index is 11.0. The van der Waals surface area contributed by atoms with Crippen molar-refractivity contribution in [2.24, 2.45) is 5.92 Å². The van der Waals surface area contributed by atoms with Crippen molar-refractivity contribution in [3.8, 4) is 0 Å². The molecular weight excluding hydrogens is 142 g/mol. The predicted octanol–water partition coefficient (Wildman–Crippen LogP) is 1.49. The molecule has 0 aromatic carbocycles. The van der Waals surface area contributed by atoms with Gasteiger partial charge in [-0.2, -0.15) is 0 Å². The van der Waals surface area contributed by atoms with E-state index in [1.165, 1.54) is 0 Å². The fourth-order valence-corrected chi connectivity index (χ4v) is 0.462. The molecule has 3 nitrogen and oxygen atoms in total. The molecule has 0 heterocycles. The molecule has 0 spiro atoms. The largest absolute Gasteiger partial charge is 0.273 e. The van der Waals surface area contributed by atoms with Gasteiger partial charge in [0.05, 0.1) is 6.10 Å². The summed E-state index contributed by atoms with van der Waals surface area (Å²) in [6.07, 6.45) is 0.885. The Hall–Kier alpha value is -0.570. The summed E-state index contributed by atoms with van der Waals surface area (Å²) < 4.78 is 0. The first-order valence-electron chi connectivity index (χ1n) is 4.03. The second-order valence-electron chi connectivity index (χ2n) is 2.94. The van der Waals surface area contributed by atoms with E-state index in [1.54, 1.807) is 0 Å². The van der Waals surface area contributed by atoms with Gasteiger partial charge in [-0.25, -0.2) is 5.48 Å². The van der Waals surface area contributed by atoms with Gasteiger partial charge in [0.1, 0.15) is 0 Å². The number of amides is 1. The maximum Gasteiger partial charge on any atom is 0.246 e. The van der Waals surface area contributed by atoms with Crippen LogP contribution in [0.1, 0.15) is 34.1 Å². The molecule has 0 bridgehead atoms. The number of carbonyl (C=O) groups excluding carboxylic acids is 1. The summed E-state index contributed by atoms with van der Waals surface area (Å²) in [5.74, 6) is -0.00468. The van der Waals surface area contributed by atoms with E-state index in [2.05, 4.69) is 5.48 Å². The number of nitrogens with one attached hydrogen (secondary N) is 1. The zero-order chi connectivity index (χ0) is 8.85. The standard InChI is InChI=1S/C8H17NO2/c1-5-7(4)8(10)9-11-6(2)3/h6-7H,5H2,1-4H3,(H,9,10)/t7-/m0/s1. The minimum absolute atomic E-state index is 0.0359. The Morgan fingerprint density at radius 2 is 2.00 bits per heavy atom. The van der Waals surface area contributed by atoms with Crippen molar-refractivity contribution in [3.05, 3.63) is 0 Å². The van der Waals surface area contributed by atoms with Crippen molar-refractivity contribution < 1.29 is 9.63 Å². The molecule has 0 aromatic rings. The smallest absolute Gasteiger partial charge is 0.246 e. The molecule has 0 unspecified atom stereocenters. The van der Waals surface area contributed by atoms with Crippen LogP contribution in [0.5, 0.6) is 0 Å². The van der Waals surface area contributed by atoms with Crippen LogP contribution in [-0.2, 0) is 9.63 Å². The highest BCUT2D eigenvalue weighted by Crippen LogP contribution is 1.99. The van der Waals surface area contributed by atoms with Gasteiger partial charge >= 0.3 is 0 Å². The Morgan fingerprint density at radius 1 is 1.45 bits per heavy atom. The van der Waals surface area contributed by atoms with Crippen molar-refractivity contribution in [2.45, 2.75) is 40.2 Å². The Balaban J connectivity index is 3.52. The van der Waals surface area contributed by atoms with Crippen molar-refractivity contribution in [1.29, 1.82) is 0 Å². The van der Waals surface area contributed by atoms with E-state index in [-0.39, 0.29) is 17.9 Å². The van der Waals surface area contributed by atoms with E-state index < -0.39 is 0 Å². The van der Waals surface area contributed by atoms with Crippen LogP contribution in [0.3, 0.4) is 0 Å². The topological polar surface area (TPSA) is 38.3 Å². The zero-order valence-electron chi connectivity index (χ0n) is 7.68. The third kappa shape index (κ3) is 4.79. The van der Waals surface area contributed by atoms with Gasteiger partial charge in [0, 0.05) is 5.92 Å². The maximum absolute atomic E-state index is 11.0. The second kappa shape index (κ2) is 5.13. The normalized spacial score (nSPS) is 13.2. The minimum atomic E-state index is -0.0406. The molecule has 0 aliphatic carbocycles. The van der Waals surface area contributed by atoms with Crippen LogP contribution in [0, 0.1) is 5.92 Å². The average Bonchev–Trinajstić information content (AvgIpc) is 1.98. The summed E-state index contributed by atoms with van der Waals surface area (Å²) in [5, 5.41) is 0. The molecule has 0 saturated carbocycles. The first kappa shape index (κ1) is 10.4. The summed E-state index contributed by atoms with van der Waals surface area (Å²) in [4.78, 5) is 16.0. The monoisotopic (exact) mass is 159 g/mol. The summed E-state index contributed by atoms with van der Waals surface area (Å²) in [7, 11) is 0. The van der Waals surface area contributed by atoms with Gasteiger partial charge in [-0.05, 0) is 20.3 Å². The first-order valence-corrected chi connectivity index (χ1v) is 4.03. The summed E-state index contributed by atoms with van der Waals surface area (Å²) in [6, 6.07) is 0. The van der Waals surface area contributed by atoms with Crippen LogP contribution in [0.15, 0.2) is 0 Å². The fourth-order valence-electron chi connectivity index (χ4n) is 0.462. The number of carbonyl (C=O) groups is 1. The van der Waals surface area contributed by atoms with E-state index in [9.17, 15) is 4.79 Å². The van der Waals surface area contributed by atoms with Gasteiger partial charge in [-0.3, -0.25) is 9.63 Å². The van der Waals surface area contributed by atoms with Gasteiger partial charge in [0.15, 0.2) is 0 Å². The third-order valence-electron chi connectivity index (χ3n) is 1.46. The van der Waals surface area contributed by atoms with Crippen LogP contribution >= 0.6 is 0 Å². The molecule has 0 radical (unpaired) electrons. The quantitative estimate of drug-likeness (QED) is 0.631. The van der Waals surface area contributed by atoms with Gasteiger partial charge in [0.2, 0.25) is 5.91 Å². The average molecular weight is 159 g/mol. The molecule has 0 fully saturated rings. The fraction of sp³-hybridized carbons (Fsp3) is 0.875. The number of rotatable bonds is 4. The van der Waals surface area contributed by atoms with Crippen molar-refractivity contribution in [3.63, 3.8) is 0 Å². The molecule has 0 aromatic heterocycles. The first-order chi connectivity index (χ1) is 5.07. The van der Waals surface area contributed by atoms with E-state index in [1.807, 2.05) is 27.7 Å². The molecule has 0 saturated heterocycles. The number of hydroxylamine groups is 1. The van der Waals surface area contributed by atoms with E-state index in [0.29, 0.717) is 0 Å². The molecule has 1 N–H and O–H groups in total. The molecule has 11 heavy (non-hydrogen) atoms. The lowest BCUT2D eigenvalue weighted by Crippen LogP contribution is -2.31. The van der Waals surface area contributed by atoms with Gasteiger partial charge in [-0.15, -0.1) is 0 Å². The molecular formula is C8H17NO2. The molecule has 0 aliphatic heterocycles. The van der Waals surface area contributed by atoms with E-state index in [0.717, 1.165) is 6.42 Å². The lowest BCUT2D eigenvalue weighted by molar-refractivity contribution is -0.140. The highest BCUT2D eigenvalue weighted by Gasteiger charge is 2.09. The SMILES string of the molecule is CC[C@H](C)C(=O)NOC(C)C. The number of hydrogen-bond donors (Lipinski definition) is 1. The third-order valence-corrected chi connectivity index (χ3v) is 1.46. The van der Waals surface area contributed by atoms with Crippen LogP contribution in [0.2, 0.25) is 0 Å². The van der Waals surface area contributed by atoms with Crippen molar-refractivity contribution in [1.82, 2.24) is 5.48 Å². The lowest BCUT2D eigenvalue weighted by Gasteiger charge is -2.11. The molecule has 0 rings (SSSR count). The van der Waals surface area contributed by atoms with Crippen molar-refractivity contribution in [2.75, 3.05) is 0 Å². The Bertz CT molecular complexity index is 123. The molecule has 1 amide bonds. The summed E-state index contributed by atoms with van der Waals surface area (Å²) >= 11 is 0. The Kier molecular flexibility index (Phi) is 4.86. The number of hydrogen-bond acceptors (Lipinski definition) is 2. The zero-order valence-corrected chi connectivity index (χ0v) is 7.68. The van der Waals surface area contributed by atoms with Gasteiger partial charge in [0.25, 0.3) is 0 Å². The lowest BCUT2D eigenvalue weighted by atomic mass is 10.1. The van der Waals surface area contributed by atoms with Crippen molar-refractivity contribution >= 4 is 5.91 Å². The van der Waals surface area contributed by atoms with E-state index >= 15 is 0 Å².